The second-order valence-electron chi connectivity index (χ2n) is 7.09. The van der Waals surface area contributed by atoms with Crippen LogP contribution in [0.5, 0.6) is 0 Å². The molecule has 3 aliphatic rings. The minimum atomic E-state index is -0.0105. The predicted molar refractivity (Wildman–Crippen MR) is 106 cm³/mol. The van der Waals surface area contributed by atoms with E-state index in [4.69, 9.17) is 0 Å². The summed E-state index contributed by atoms with van der Waals surface area (Å²) in [6.07, 6.45) is 5.08. The molecule has 0 saturated heterocycles. The van der Waals surface area contributed by atoms with E-state index in [0.717, 1.165) is 30.2 Å². The lowest BCUT2D eigenvalue weighted by Crippen LogP contribution is -2.33. The van der Waals surface area contributed by atoms with Gasteiger partial charge in [-0.15, -0.1) is 0 Å². The van der Waals surface area contributed by atoms with E-state index in [0.29, 0.717) is 6.42 Å². The Kier molecular flexibility index (Phi) is 3.57. The van der Waals surface area contributed by atoms with Gasteiger partial charge in [-0.3, -0.25) is 0 Å². The van der Waals surface area contributed by atoms with Gasteiger partial charge in [-0.1, -0.05) is 11.3 Å². The van der Waals surface area contributed by atoms with Gasteiger partial charge in [0.15, 0.2) is 5.13 Å². The number of aromatic nitrogens is 1. The fraction of sp³-hybridized carbons (Fsp3) is 0.350. The lowest BCUT2D eigenvalue weighted by molar-refractivity contribution is 0.462. The third kappa shape index (κ3) is 2.35. The molecular formula is C20H21FN4S. The van der Waals surface area contributed by atoms with Crippen molar-refractivity contribution < 1.29 is 4.39 Å². The highest BCUT2D eigenvalue weighted by atomic mass is 32.1. The molecule has 0 saturated carbocycles. The fourth-order valence-corrected chi connectivity index (χ4v) is 5.22. The second-order valence-corrected chi connectivity index (χ2v) is 8.12. The average Bonchev–Trinajstić information content (AvgIpc) is 3.20. The summed E-state index contributed by atoms with van der Waals surface area (Å²) in [6, 6.07) is 6.49. The zero-order valence-electron chi connectivity index (χ0n) is 14.9. The molecule has 1 atom stereocenters. The number of hydrogen-bond donors (Lipinski definition) is 1. The number of benzene rings is 1. The van der Waals surface area contributed by atoms with Crippen LogP contribution in [-0.4, -0.2) is 37.1 Å². The molecule has 6 heteroatoms. The number of nitrogens with one attached hydrogen (secondary N) is 1. The van der Waals surface area contributed by atoms with Gasteiger partial charge in [0.05, 0.1) is 10.2 Å². The molecule has 134 valence electrons. The maximum absolute atomic E-state index is 13.9. The van der Waals surface area contributed by atoms with Crippen LogP contribution in [0.4, 0.5) is 15.2 Å². The normalized spacial score (nSPS) is 22.3. The minimum absolute atomic E-state index is 0.0105. The quantitative estimate of drug-likeness (QED) is 0.845. The molecule has 2 aliphatic heterocycles. The standard InChI is InChI=1S/C20H21FN4S/c1-22-20-23-16-5-4-13(10-19(16)26-20)25-8-7-18-15(11-25)14-9-12(21)3-6-17(14)24(18)2/h3-6,10,14H,7-9,11H2,1-2H3,(H,22,23). The molecule has 1 unspecified atom stereocenters. The van der Waals surface area contributed by atoms with Gasteiger partial charge in [0.1, 0.15) is 5.83 Å². The second kappa shape index (κ2) is 5.84. The van der Waals surface area contributed by atoms with E-state index in [2.05, 4.69) is 45.3 Å². The van der Waals surface area contributed by atoms with Crippen molar-refractivity contribution in [3.8, 4) is 0 Å². The first-order valence-corrected chi connectivity index (χ1v) is 9.81. The Hall–Kier alpha value is -2.34. The first kappa shape index (κ1) is 15.9. The van der Waals surface area contributed by atoms with E-state index in [1.807, 2.05) is 13.1 Å². The van der Waals surface area contributed by atoms with Gasteiger partial charge < -0.3 is 15.1 Å². The molecule has 0 amide bonds. The van der Waals surface area contributed by atoms with Crippen LogP contribution in [-0.2, 0) is 0 Å². The molecule has 0 bridgehead atoms. The molecule has 5 rings (SSSR count). The van der Waals surface area contributed by atoms with E-state index in [1.54, 1.807) is 17.4 Å². The number of rotatable bonds is 2. The number of hydrogen-bond acceptors (Lipinski definition) is 5. The van der Waals surface area contributed by atoms with Gasteiger partial charge in [-0.25, -0.2) is 9.37 Å². The van der Waals surface area contributed by atoms with Crippen LogP contribution >= 0.6 is 11.3 Å². The minimum Gasteiger partial charge on any atom is -0.367 e. The molecule has 3 heterocycles. The van der Waals surface area contributed by atoms with Gasteiger partial charge >= 0.3 is 0 Å². The number of fused-ring (bicyclic) bond motifs is 3. The summed E-state index contributed by atoms with van der Waals surface area (Å²) >= 11 is 1.68. The molecule has 4 nitrogen and oxygen atoms in total. The van der Waals surface area contributed by atoms with E-state index < -0.39 is 0 Å². The molecule has 26 heavy (non-hydrogen) atoms. The highest BCUT2D eigenvalue weighted by Gasteiger charge is 2.38. The van der Waals surface area contributed by atoms with E-state index >= 15 is 0 Å². The average molecular weight is 368 g/mol. The molecule has 0 radical (unpaired) electrons. The molecule has 2 aromatic rings. The lowest BCUT2D eigenvalue weighted by atomic mass is 9.89. The topological polar surface area (TPSA) is 31.4 Å². The van der Waals surface area contributed by atoms with Gasteiger partial charge in [0.25, 0.3) is 0 Å². The van der Waals surface area contributed by atoms with Gasteiger partial charge in [0.2, 0.25) is 0 Å². The van der Waals surface area contributed by atoms with Crippen molar-refractivity contribution in [2.24, 2.45) is 5.92 Å². The zero-order chi connectivity index (χ0) is 17.8. The van der Waals surface area contributed by atoms with Crippen LogP contribution in [0, 0.1) is 5.92 Å². The van der Waals surface area contributed by atoms with Crippen LogP contribution < -0.4 is 10.2 Å². The Morgan fingerprint density at radius 1 is 1.31 bits per heavy atom. The SMILES string of the molecule is CNc1nc2ccc(N3CCC4=C(C3)C3CC(F)=CC=C3N4C)cc2s1. The smallest absolute Gasteiger partial charge is 0.183 e. The van der Waals surface area contributed by atoms with Crippen molar-refractivity contribution in [1.29, 1.82) is 0 Å². The zero-order valence-corrected chi connectivity index (χ0v) is 15.7. The molecule has 1 aliphatic carbocycles. The molecule has 1 aromatic carbocycles. The molecular weight excluding hydrogens is 347 g/mol. The lowest BCUT2D eigenvalue weighted by Gasteiger charge is -2.32. The van der Waals surface area contributed by atoms with Crippen molar-refractivity contribution in [2.45, 2.75) is 12.8 Å². The number of thiazole rings is 1. The third-order valence-electron chi connectivity index (χ3n) is 5.71. The fourth-order valence-electron chi connectivity index (χ4n) is 4.37. The highest BCUT2D eigenvalue weighted by molar-refractivity contribution is 7.22. The summed E-state index contributed by atoms with van der Waals surface area (Å²) in [5.74, 6) is 0.189. The Morgan fingerprint density at radius 2 is 2.19 bits per heavy atom. The van der Waals surface area contributed by atoms with Crippen LogP contribution in [0.2, 0.25) is 0 Å². The summed E-state index contributed by atoms with van der Waals surface area (Å²) < 4.78 is 15.1. The van der Waals surface area contributed by atoms with Crippen molar-refractivity contribution in [1.82, 2.24) is 9.88 Å². The summed E-state index contributed by atoms with van der Waals surface area (Å²) in [6.45, 7) is 1.86. The summed E-state index contributed by atoms with van der Waals surface area (Å²) in [5.41, 5.74) is 6.27. The number of nitrogens with zero attached hydrogens (tertiary/aromatic N) is 3. The van der Waals surface area contributed by atoms with Gasteiger partial charge in [0, 0.05) is 63.0 Å². The molecule has 0 spiro atoms. The Labute approximate surface area is 156 Å². The summed E-state index contributed by atoms with van der Waals surface area (Å²) in [7, 11) is 4.02. The number of halogens is 1. The summed E-state index contributed by atoms with van der Waals surface area (Å²) in [5, 5.41) is 4.06. The van der Waals surface area contributed by atoms with Crippen LogP contribution in [0.25, 0.3) is 10.2 Å². The van der Waals surface area contributed by atoms with Crippen molar-refractivity contribution in [2.75, 3.05) is 37.4 Å². The Morgan fingerprint density at radius 3 is 3.04 bits per heavy atom. The molecule has 1 aromatic heterocycles. The van der Waals surface area contributed by atoms with Gasteiger partial charge in [-0.05, 0) is 35.9 Å². The Balaban J connectivity index is 1.46. The largest absolute Gasteiger partial charge is 0.367 e. The van der Waals surface area contributed by atoms with Crippen LogP contribution in [0.15, 0.2) is 53.1 Å². The number of anilines is 2. The maximum atomic E-state index is 13.9. The van der Waals surface area contributed by atoms with Crippen LogP contribution in [0.1, 0.15) is 12.8 Å². The van der Waals surface area contributed by atoms with Crippen molar-refractivity contribution in [3.05, 3.63) is 53.1 Å². The van der Waals surface area contributed by atoms with Crippen LogP contribution in [0.3, 0.4) is 0 Å². The van der Waals surface area contributed by atoms with Crippen molar-refractivity contribution in [3.63, 3.8) is 0 Å². The first-order chi connectivity index (χ1) is 12.6. The Bertz CT molecular complexity index is 987. The molecule has 1 N–H and O–H groups in total. The summed E-state index contributed by atoms with van der Waals surface area (Å²) in [4.78, 5) is 9.26. The van der Waals surface area contributed by atoms with Gasteiger partial charge in [-0.2, -0.15) is 0 Å². The predicted octanol–water partition coefficient (Wildman–Crippen LogP) is 4.50. The monoisotopic (exact) mass is 368 g/mol. The number of allylic oxidation sites excluding steroid dienone is 4. The van der Waals surface area contributed by atoms with Crippen molar-refractivity contribution >= 4 is 32.4 Å². The highest BCUT2D eigenvalue weighted by Crippen LogP contribution is 2.45. The third-order valence-corrected chi connectivity index (χ3v) is 6.74. The van der Waals surface area contributed by atoms with E-state index in [1.165, 1.54) is 27.4 Å². The first-order valence-electron chi connectivity index (χ1n) is 8.99. The van der Waals surface area contributed by atoms with E-state index in [-0.39, 0.29) is 11.7 Å². The van der Waals surface area contributed by atoms with E-state index in [9.17, 15) is 4.39 Å². The molecule has 0 fully saturated rings. The maximum Gasteiger partial charge on any atom is 0.183 e.